The van der Waals surface area contributed by atoms with Crippen LogP contribution in [0.3, 0.4) is 0 Å². The minimum Gasteiger partial charge on any atom is -0.435 e. The van der Waals surface area contributed by atoms with Crippen LogP contribution in [0.1, 0.15) is 0 Å². The second-order valence-corrected chi connectivity index (χ2v) is 10.7. The summed E-state index contributed by atoms with van der Waals surface area (Å²) in [5.74, 6) is -32.5. The molecule has 0 spiro atoms. The number of hydrogen-bond donors (Lipinski definition) is 17. The second-order valence-electron chi connectivity index (χ2n) is 9.82. The zero-order valence-electron chi connectivity index (χ0n) is 22.1. The van der Waals surface area contributed by atoms with E-state index < -0.39 is 69.8 Å². The third-order valence-corrected chi connectivity index (χ3v) is 6.98. The Hall–Kier alpha value is -3.09. The molecule has 254 valence electrons. The van der Waals surface area contributed by atoms with E-state index in [9.17, 15) is 86.1 Å². The summed E-state index contributed by atoms with van der Waals surface area (Å²) < 4.78 is 24.0. The predicted octanol–water partition coefficient (Wildman–Crippen LogP) is -6.58. The molecule has 0 saturated carbocycles. The first-order valence-corrected chi connectivity index (χ1v) is 12.7. The van der Waals surface area contributed by atoms with Gasteiger partial charge in [-0.05, 0) is 24.3 Å². The first-order chi connectivity index (χ1) is 20.6. The Kier molecular flexibility index (Phi) is 8.54. The number of benzene rings is 2. The molecule has 0 bridgehead atoms. The van der Waals surface area contributed by atoms with Gasteiger partial charge >= 0.3 is 18.2 Å². The van der Waals surface area contributed by atoms with Crippen LogP contribution in [-0.2, 0) is 0 Å². The van der Waals surface area contributed by atoms with Crippen molar-refractivity contribution >= 4 is 38.3 Å². The number of halogens is 2. The van der Waals surface area contributed by atoms with Crippen molar-refractivity contribution in [1.29, 1.82) is 0 Å². The number of likely N-dealkylation sites (tertiary alicyclic amines) is 1. The molecule has 0 unspecified atom stereocenters. The van der Waals surface area contributed by atoms with Crippen LogP contribution in [0.2, 0.25) is 0 Å². The lowest BCUT2D eigenvalue weighted by atomic mass is 9.77. The van der Waals surface area contributed by atoms with Gasteiger partial charge in [0.05, 0.1) is 11.2 Å². The van der Waals surface area contributed by atoms with E-state index in [1.807, 2.05) is 0 Å². The first-order valence-electron chi connectivity index (χ1n) is 11.9. The van der Waals surface area contributed by atoms with Gasteiger partial charge in [0.15, 0.2) is 17.4 Å². The van der Waals surface area contributed by atoms with E-state index in [2.05, 4.69) is 36.0 Å². The number of ether oxygens (including phenoxy) is 2. The maximum absolute atomic E-state index is 14.5. The fourth-order valence-electron chi connectivity index (χ4n) is 4.57. The van der Waals surface area contributed by atoms with Crippen LogP contribution in [-0.4, -0.2) is 138 Å². The highest BCUT2D eigenvalue weighted by Crippen LogP contribution is 2.53. The van der Waals surface area contributed by atoms with E-state index >= 15 is 0 Å². The summed E-state index contributed by atoms with van der Waals surface area (Å²) in [6.45, 7) is 0. The van der Waals surface area contributed by atoms with Gasteiger partial charge in [-0.25, -0.2) is 14.4 Å². The van der Waals surface area contributed by atoms with Crippen molar-refractivity contribution in [3.63, 3.8) is 0 Å². The average molecular weight is 731 g/mol. The Labute approximate surface area is 260 Å². The highest BCUT2D eigenvalue weighted by molar-refractivity contribution is 9.10. The molecule has 4 rings (SSSR count). The van der Waals surface area contributed by atoms with Gasteiger partial charge < -0.3 is 96.5 Å². The Morgan fingerprint density at radius 3 is 1.83 bits per heavy atom. The number of hydrogen-bond acceptors (Lipinski definition) is 22. The average Bonchev–Trinajstić information content (AvgIpc) is 2.82. The lowest BCUT2D eigenvalue weighted by Crippen LogP contribution is -2.92. The van der Waals surface area contributed by atoms with Gasteiger partial charge in [-0.3, -0.25) is 0 Å². The Morgan fingerprint density at radius 2 is 1.33 bits per heavy atom. The molecule has 1 aliphatic rings. The SMILES string of the molecule is OC(O)(O)Oc1cc2c(Nc3ccc(Br)cc3F)ncnc2cc1OC(O)(O)C1C(O)(O)C(O)(O)N(C(O)(O)O)C(O)(O)C1(O)O. The summed E-state index contributed by atoms with van der Waals surface area (Å²) in [7, 11) is 0. The number of anilines is 2. The lowest BCUT2D eigenvalue weighted by molar-refractivity contribution is -0.643. The molecule has 1 aliphatic heterocycles. The third kappa shape index (κ3) is 6.04. The molecule has 0 atom stereocenters. The molecule has 2 heterocycles. The number of nitrogens with one attached hydrogen (secondary N) is 1. The van der Waals surface area contributed by atoms with E-state index in [1.54, 1.807) is 0 Å². The van der Waals surface area contributed by atoms with Gasteiger partial charge in [0.2, 0.25) is 0 Å². The molecule has 1 saturated heterocycles. The summed E-state index contributed by atoms with van der Waals surface area (Å²) in [5.41, 5.74) is -0.512. The minimum atomic E-state index is -5.07. The summed E-state index contributed by atoms with van der Waals surface area (Å²) in [5, 5.41) is 163. The summed E-state index contributed by atoms with van der Waals surface area (Å²) in [6, 6.07) is 5.03. The smallest absolute Gasteiger partial charge is 0.435 e. The molecule has 0 aliphatic carbocycles. The van der Waals surface area contributed by atoms with Gasteiger partial charge in [0.1, 0.15) is 18.0 Å². The fourth-order valence-corrected chi connectivity index (χ4v) is 4.90. The van der Waals surface area contributed by atoms with Crippen LogP contribution in [0.25, 0.3) is 10.9 Å². The summed E-state index contributed by atoms with van der Waals surface area (Å²) >= 11 is 3.07. The molecule has 1 fully saturated rings. The number of fused-ring (bicyclic) bond motifs is 1. The molecule has 0 amide bonds. The Balaban J connectivity index is 1.87. The first kappa shape index (κ1) is 35.8. The zero-order valence-corrected chi connectivity index (χ0v) is 23.7. The number of aromatic nitrogens is 2. The molecular weight excluding hydrogens is 707 g/mol. The molecule has 24 heteroatoms. The van der Waals surface area contributed by atoms with Crippen molar-refractivity contribution in [2.75, 3.05) is 5.32 Å². The molecule has 0 radical (unpaired) electrons. The quantitative estimate of drug-likeness (QED) is 0.0957. The van der Waals surface area contributed by atoms with Gasteiger partial charge in [-0.2, -0.15) is 0 Å². The minimum absolute atomic E-state index is 0.169. The van der Waals surface area contributed by atoms with E-state index in [1.165, 1.54) is 12.1 Å². The topological polar surface area (TPSA) is 383 Å². The standard InChI is InChI=1S/C22H24BrFN4O18/c23-7-1-2-10(9(24)3-7)27-14-8-4-12(46-22(42,43)44)13(5-11(8)25-6-26-14)45-18(33,34)15-16(29,30)19(35,36)28(21(39,40)41)20(37,38)17(15,31)32/h1-6,15,29-44H,(H,25,26,27). The van der Waals surface area contributed by atoms with E-state index in [0.29, 0.717) is 16.6 Å². The second kappa shape index (κ2) is 11.0. The number of aliphatic hydroxyl groups is 16. The Bertz CT molecular complexity index is 1620. The van der Waals surface area contributed by atoms with Crippen molar-refractivity contribution in [3.05, 3.63) is 46.9 Å². The molecular formula is C22H24BrFN4O18. The maximum Gasteiger partial charge on any atom is 0.453 e. The molecule has 3 aromatic rings. The van der Waals surface area contributed by atoms with Gasteiger partial charge in [-0.1, -0.05) is 15.9 Å². The maximum atomic E-state index is 14.5. The van der Waals surface area contributed by atoms with Crippen LogP contribution in [0.15, 0.2) is 41.1 Å². The van der Waals surface area contributed by atoms with Crippen LogP contribution in [0, 0.1) is 11.7 Å². The van der Waals surface area contributed by atoms with Gasteiger partial charge in [0, 0.05) is 15.9 Å². The summed E-state index contributed by atoms with van der Waals surface area (Å²) in [4.78, 5) is 5.99. The predicted molar refractivity (Wildman–Crippen MR) is 138 cm³/mol. The zero-order chi connectivity index (χ0) is 35.1. The van der Waals surface area contributed by atoms with Gasteiger partial charge in [0.25, 0.3) is 23.4 Å². The lowest BCUT2D eigenvalue weighted by Gasteiger charge is -2.61. The number of nitrogens with zero attached hydrogens (tertiary/aromatic N) is 3. The Morgan fingerprint density at radius 1 is 0.783 bits per heavy atom. The van der Waals surface area contributed by atoms with Crippen molar-refractivity contribution < 1.29 is 95.6 Å². The molecule has 17 N–H and O–H groups in total. The van der Waals surface area contributed by atoms with Crippen LogP contribution < -0.4 is 14.8 Å². The fraction of sp³-hybridized carbons (Fsp3) is 0.364. The van der Waals surface area contributed by atoms with E-state index in [-0.39, 0.29) is 22.4 Å². The molecule has 2 aromatic carbocycles. The molecule has 22 nitrogen and oxygen atoms in total. The van der Waals surface area contributed by atoms with E-state index in [0.717, 1.165) is 12.4 Å². The highest BCUT2D eigenvalue weighted by Gasteiger charge is 2.85. The van der Waals surface area contributed by atoms with Crippen molar-refractivity contribution in [3.8, 4) is 11.5 Å². The number of piperidine rings is 1. The van der Waals surface area contributed by atoms with Crippen molar-refractivity contribution in [2.24, 2.45) is 5.92 Å². The van der Waals surface area contributed by atoms with Crippen molar-refractivity contribution in [2.45, 2.75) is 41.6 Å². The monoisotopic (exact) mass is 730 g/mol. The van der Waals surface area contributed by atoms with Crippen LogP contribution in [0.4, 0.5) is 15.9 Å². The number of rotatable bonds is 8. The van der Waals surface area contributed by atoms with E-state index in [4.69, 9.17) is 4.74 Å². The normalized spacial score (nSPS) is 20.0. The van der Waals surface area contributed by atoms with Crippen molar-refractivity contribution in [1.82, 2.24) is 14.9 Å². The third-order valence-electron chi connectivity index (χ3n) is 6.48. The van der Waals surface area contributed by atoms with Crippen LogP contribution >= 0.6 is 15.9 Å². The molecule has 46 heavy (non-hydrogen) atoms. The van der Waals surface area contributed by atoms with Gasteiger partial charge in [-0.15, -0.1) is 4.90 Å². The van der Waals surface area contributed by atoms with Crippen LogP contribution in [0.5, 0.6) is 11.5 Å². The molecule has 1 aromatic heterocycles. The summed E-state index contributed by atoms with van der Waals surface area (Å²) in [6.07, 6.45) is -8.19. The highest BCUT2D eigenvalue weighted by atomic mass is 79.9. The largest absolute Gasteiger partial charge is 0.453 e.